The zero-order valence-corrected chi connectivity index (χ0v) is 24.9. The number of carbonyl (C=O) groups excluding carboxylic acids is 1. The molecule has 2 saturated heterocycles. The summed E-state index contributed by atoms with van der Waals surface area (Å²) in [4.78, 5) is 33.1. The molecular formula is C29H36N8O4S. The summed E-state index contributed by atoms with van der Waals surface area (Å²) in [6.45, 7) is 3.80. The Hall–Kier alpha value is -4.10. The molecular weight excluding hydrogens is 556 g/mol. The van der Waals surface area contributed by atoms with Crippen LogP contribution in [-0.4, -0.2) is 77.3 Å². The maximum atomic E-state index is 12.2. The van der Waals surface area contributed by atoms with Crippen molar-refractivity contribution in [1.82, 2.24) is 24.4 Å². The van der Waals surface area contributed by atoms with Gasteiger partial charge in [0.1, 0.15) is 28.8 Å². The van der Waals surface area contributed by atoms with Gasteiger partial charge in [-0.2, -0.15) is 4.98 Å². The van der Waals surface area contributed by atoms with Crippen LogP contribution in [0.15, 0.2) is 30.7 Å². The van der Waals surface area contributed by atoms with Gasteiger partial charge in [-0.25, -0.2) is 9.97 Å². The zero-order chi connectivity index (χ0) is 29.2. The van der Waals surface area contributed by atoms with Crippen LogP contribution in [0.5, 0.6) is 17.2 Å². The molecule has 0 bridgehead atoms. The van der Waals surface area contributed by atoms with Crippen LogP contribution in [0.1, 0.15) is 37.0 Å². The van der Waals surface area contributed by atoms with Gasteiger partial charge in [0.15, 0.2) is 11.5 Å². The van der Waals surface area contributed by atoms with Gasteiger partial charge >= 0.3 is 0 Å². The molecule has 3 aromatic heterocycles. The molecule has 1 aromatic carbocycles. The number of ether oxygens (including phenoxy) is 3. The standard InChI is InChI=1S/C29H36N8O4S/c1-39-22-12-18(13-23(40-2)25(22)41-3)36-16-24(31-17-36)32-27-20-14-19(15-35-9-5-4-6-10-35)42-28(20)34-29(33-27)37-11-7-8-21(37)26(30)38/h12-14,16-17,21H,4-11,15H2,1-3H3,(H2,30,38)(H,32,33,34)/t21-/m0/s1. The number of methoxy groups -OCH3 is 3. The van der Waals surface area contributed by atoms with E-state index in [4.69, 9.17) is 29.9 Å². The molecule has 2 aliphatic heterocycles. The van der Waals surface area contributed by atoms with Crippen LogP contribution in [0.2, 0.25) is 0 Å². The van der Waals surface area contributed by atoms with E-state index in [-0.39, 0.29) is 5.91 Å². The number of rotatable bonds is 10. The van der Waals surface area contributed by atoms with Gasteiger partial charge in [0.25, 0.3) is 0 Å². The van der Waals surface area contributed by atoms with Gasteiger partial charge < -0.3 is 34.7 Å². The molecule has 1 amide bonds. The highest BCUT2D eigenvalue weighted by molar-refractivity contribution is 7.18. The number of imidazole rings is 1. The van der Waals surface area contributed by atoms with Gasteiger partial charge in [0, 0.05) is 30.1 Å². The van der Waals surface area contributed by atoms with Crippen molar-refractivity contribution in [1.29, 1.82) is 0 Å². The number of piperidine rings is 1. The van der Waals surface area contributed by atoms with Crippen molar-refractivity contribution in [2.24, 2.45) is 5.73 Å². The average Bonchev–Trinajstić information content (AvgIpc) is 3.77. The smallest absolute Gasteiger partial charge is 0.240 e. The molecule has 0 saturated carbocycles. The number of fused-ring (bicyclic) bond motifs is 1. The van der Waals surface area contributed by atoms with E-state index in [1.807, 2.05) is 27.8 Å². The predicted octanol–water partition coefficient (Wildman–Crippen LogP) is 4.09. The fourth-order valence-electron chi connectivity index (χ4n) is 5.77. The Morgan fingerprint density at radius 2 is 1.79 bits per heavy atom. The summed E-state index contributed by atoms with van der Waals surface area (Å²) in [6, 6.07) is 5.47. The lowest BCUT2D eigenvalue weighted by molar-refractivity contribution is -0.119. The molecule has 222 valence electrons. The Labute approximate surface area is 248 Å². The zero-order valence-electron chi connectivity index (χ0n) is 24.1. The number of carbonyl (C=O) groups is 1. The molecule has 2 aliphatic rings. The second-order valence-electron chi connectivity index (χ2n) is 10.6. The molecule has 3 N–H and O–H groups in total. The number of nitrogens with zero attached hydrogens (tertiary/aromatic N) is 6. The largest absolute Gasteiger partial charge is 0.493 e. The van der Waals surface area contributed by atoms with Crippen LogP contribution in [0.4, 0.5) is 17.6 Å². The van der Waals surface area contributed by atoms with Crippen molar-refractivity contribution in [2.45, 2.75) is 44.7 Å². The third kappa shape index (κ3) is 5.53. The molecule has 0 spiro atoms. The molecule has 0 unspecified atom stereocenters. The van der Waals surface area contributed by atoms with E-state index in [0.717, 1.165) is 42.0 Å². The second-order valence-corrected chi connectivity index (χ2v) is 11.7. The van der Waals surface area contributed by atoms with Crippen LogP contribution in [0, 0.1) is 0 Å². The Morgan fingerprint density at radius 3 is 2.48 bits per heavy atom. The number of aromatic nitrogens is 4. The number of benzene rings is 1. The lowest BCUT2D eigenvalue weighted by Crippen LogP contribution is -2.41. The Kier molecular flexibility index (Phi) is 8.02. The molecule has 42 heavy (non-hydrogen) atoms. The van der Waals surface area contributed by atoms with Gasteiger partial charge in [-0.15, -0.1) is 11.3 Å². The average molecular weight is 593 g/mol. The first kappa shape index (κ1) is 28.0. The number of thiophene rings is 1. The fourth-order valence-corrected chi connectivity index (χ4v) is 6.83. The number of nitrogens with one attached hydrogen (secondary N) is 1. The Balaban J connectivity index is 1.35. The fraction of sp³-hybridized carbons (Fsp3) is 0.448. The van der Waals surface area contributed by atoms with E-state index in [9.17, 15) is 4.79 Å². The summed E-state index contributed by atoms with van der Waals surface area (Å²) >= 11 is 1.67. The van der Waals surface area contributed by atoms with E-state index in [0.29, 0.717) is 47.8 Å². The minimum absolute atomic E-state index is 0.355. The third-order valence-corrected chi connectivity index (χ3v) is 8.89. The van der Waals surface area contributed by atoms with E-state index in [1.165, 1.54) is 24.1 Å². The quantitative estimate of drug-likeness (QED) is 0.277. The third-order valence-electron chi connectivity index (χ3n) is 7.87. The highest BCUT2D eigenvalue weighted by Gasteiger charge is 2.32. The maximum absolute atomic E-state index is 12.2. The van der Waals surface area contributed by atoms with Gasteiger partial charge in [-0.05, 0) is 44.8 Å². The number of primary amides is 1. The lowest BCUT2D eigenvalue weighted by atomic mass is 10.1. The van der Waals surface area contributed by atoms with Crippen molar-refractivity contribution in [3.63, 3.8) is 0 Å². The summed E-state index contributed by atoms with van der Waals surface area (Å²) in [5.41, 5.74) is 6.52. The van der Waals surface area contributed by atoms with Gasteiger partial charge in [-0.3, -0.25) is 9.69 Å². The molecule has 0 radical (unpaired) electrons. The van der Waals surface area contributed by atoms with Crippen LogP contribution < -0.4 is 30.2 Å². The monoisotopic (exact) mass is 592 g/mol. The lowest BCUT2D eigenvalue weighted by Gasteiger charge is -2.25. The van der Waals surface area contributed by atoms with E-state index in [1.54, 1.807) is 39.0 Å². The summed E-state index contributed by atoms with van der Waals surface area (Å²) in [5.74, 6) is 3.01. The number of hydrogen-bond acceptors (Lipinski definition) is 11. The second kappa shape index (κ2) is 12.0. The van der Waals surface area contributed by atoms with Crippen molar-refractivity contribution >= 4 is 45.0 Å². The summed E-state index contributed by atoms with van der Waals surface area (Å²) < 4.78 is 18.4. The molecule has 0 aliphatic carbocycles. The number of amides is 1. The normalized spacial score (nSPS) is 17.5. The first-order chi connectivity index (χ1) is 20.5. The van der Waals surface area contributed by atoms with Crippen LogP contribution in [-0.2, 0) is 11.3 Å². The molecule has 4 aromatic rings. The molecule has 12 nitrogen and oxygen atoms in total. The minimum Gasteiger partial charge on any atom is -0.493 e. The predicted molar refractivity (Wildman–Crippen MR) is 163 cm³/mol. The first-order valence-corrected chi connectivity index (χ1v) is 15.0. The molecule has 1 atom stereocenters. The van der Waals surface area contributed by atoms with Crippen molar-refractivity contribution in [3.05, 3.63) is 35.6 Å². The number of hydrogen-bond donors (Lipinski definition) is 2. The van der Waals surface area contributed by atoms with Crippen LogP contribution >= 0.6 is 11.3 Å². The van der Waals surface area contributed by atoms with Gasteiger partial charge in [0.2, 0.25) is 17.6 Å². The maximum Gasteiger partial charge on any atom is 0.240 e. The molecule has 6 rings (SSSR count). The van der Waals surface area contributed by atoms with Crippen LogP contribution in [0.25, 0.3) is 15.9 Å². The van der Waals surface area contributed by atoms with E-state index in [2.05, 4.69) is 21.3 Å². The highest BCUT2D eigenvalue weighted by Crippen LogP contribution is 2.40. The summed E-state index contributed by atoms with van der Waals surface area (Å²) in [7, 11) is 4.75. The molecule has 13 heteroatoms. The molecule has 5 heterocycles. The Morgan fingerprint density at radius 1 is 1.02 bits per heavy atom. The number of anilines is 3. The number of likely N-dealkylation sites (tertiary alicyclic amines) is 1. The SMILES string of the molecule is COc1cc(-n2cnc(Nc3nc(N4CCC[C@H]4C(N)=O)nc4sc(CN5CCCCC5)cc34)c2)cc(OC)c1OC. The summed E-state index contributed by atoms with van der Waals surface area (Å²) in [6.07, 6.45) is 8.91. The van der Waals surface area contributed by atoms with E-state index >= 15 is 0 Å². The first-order valence-electron chi connectivity index (χ1n) is 14.2. The molecule has 2 fully saturated rings. The van der Waals surface area contributed by atoms with Crippen LogP contribution in [0.3, 0.4) is 0 Å². The van der Waals surface area contributed by atoms with Crippen molar-refractivity contribution in [2.75, 3.05) is 51.2 Å². The van der Waals surface area contributed by atoms with Crippen molar-refractivity contribution < 1.29 is 19.0 Å². The van der Waals surface area contributed by atoms with E-state index < -0.39 is 6.04 Å². The van der Waals surface area contributed by atoms with Gasteiger partial charge in [-0.1, -0.05) is 6.42 Å². The number of nitrogens with two attached hydrogens (primary N) is 1. The topological polar surface area (TPSA) is 133 Å². The van der Waals surface area contributed by atoms with Crippen molar-refractivity contribution in [3.8, 4) is 22.9 Å². The minimum atomic E-state index is -0.415. The Bertz CT molecular complexity index is 1560. The highest BCUT2D eigenvalue weighted by atomic mass is 32.1. The summed E-state index contributed by atoms with van der Waals surface area (Å²) in [5, 5.41) is 4.35. The van der Waals surface area contributed by atoms with Gasteiger partial charge in [0.05, 0.1) is 38.6 Å².